The molecular formula is C6H5B2FI2. The van der Waals surface area contributed by atoms with Gasteiger partial charge in [0.15, 0.2) is 0 Å². The summed E-state index contributed by atoms with van der Waals surface area (Å²) in [5.41, 5.74) is 1.78. The van der Waals surface area contributed by atoms with Crippen LogP contribution in [0.5, 0.6) is 0 Å². The van der Waals surface area contributed by atoms with Gasteiger partial charge in [-0.2, -0.15) is 0 Å². The Labute approximate surface area is 94.4 Å². The summed E-state index contributed by atoms with van der Waals surface area (Å²) in [5, 5.41) is 0. The van der Waals surface area contributed by atoms with Gasteiger partial charge in [0, 0.05) is 3.57 Å². The average Bonchev–Trinajstić information content (AvgIpc) is 1.97. The molecule has 56 valence electrons. The Morgan fingerprint density at radius 2 is 1.82 bits per heavy atom. The van der Waals surface area contributed by atoms with Crippen molar-refractivity contribution >= 4 is 71.8 Å². The van der Waals surface area contributed by atoms with Gasteiger partial charge < -0.3 is 0 Å². The SMILES string of the molecule is Bc1cc(I)c(I)c(F)c1B. The minimum absolute atomic E-state index is 0.0741. The predicted octanol–water partition coefficient (Wildman–Crippen LogP) is -0.448. The van der Waals surface area contributed by atoms with Crippen LogP contribution in [0.4, 0.5) is 4.39 Å². The summed E-state index contributed by atoms with van der Waals surface area (Å²) < 4.78 is 15.0. The third kappa shape index (κ3) is 1.91. The van der Waals surface area contributed by atoms with Crippen molar-refractivity contribution in [1.29, 1.82) is 0 Å². The first-order valence-corrected chi connectivity index (χ1v) is 5.30. The zero-order valence-electron chi connectivity index (χ0n) is 6.21. The Morgan fingerprint density at radius 3 is 2.36 bits per heavy atom. The van der Waals surface area contributed by atoms with Crippen LogP contribution < -0.4 is 10.9 Å². The minimum Gasteiger partial charge on any atom is -0.206 e. The molecule has 0 unspecified atom stereocenters. The summed E-state index contributed by atoms with van der Waals surface area (Å²) in [5.74, 6) is -0.0741. The molecule has 0 heterocycles. The maximum absolute atomic E-state index is 13.2. The third-order valence-corrected chi connectivity index (χ3v) is 4.60. The Bertz CT molecular complexity index is 275. The van der Waals surface area contributed by atoms with Crippen LogP contribution in [0, 0.1) is 13.0 Å². The molecule has 0 bridgehead atoms. The Kier molecular flexibility index (Phi) is 3.25. The van der Waals surface area contributed by atoms with Crippen molar-refractivity contribution in [3.63, 3.8) is 0 Å². The fourth-order valence-electron chi connectivity index (χ4n) is 0.804. The molecule has 1 aromatic carbocycles. The molecule has 0 fully saturated rings. The molecule has 5 heteroatoms. The molecule has 0 aromatic heterocycles. The maximum atomic E-state index is 13.2. The normalized spacial score (nSPS) is 10.1. The van der Waals surface area contributed by atoms with E-state index in [2.05, 4.69) is 22.6 Å². The highest BCUT2D eigenvalue weighted by Gasteiger charge is 2.08. The summed E-state index contributed by atoms with van der Waals surface area (Å²) in [7, 11) is 3.74. The van der Waals surface area contributed by atoms with Crippen LogP contribution in [0.15, 0.2) is 6.07 Å². The van der Waals surface area contributed by atoms with Crippen molar-refractivity contribution in [1.82, 2.24) is 0 Å². The second kappa shape index (κ2) is 3.64. The van der Waals surface area contributed by atoms with Gasteiger partial charge in [-0.3, -0.25) is 0 Å². The molecule has 0 aliphatic carbocycles. The van der Waals surface area contributed by atoms with Gasteiger partial charge in [-0.25, -0.2) is 4.39 Å². The first-order valence-electron chi connectivity index (χ1n) is 3.14. The van der Waals surface area contributed by atoms with E-state index in [-0.39, 0.29) is 5.82 Å². The fourth-order valence-corrected chi connectivity index (χ4v) is 2.07. The molecule has 0 aliphatic rings. The second-order valence-corrected chi connectivity index (χ2v) is 4.67. The van der Waals surface area contributed by atoms with Gasteiger partial charge in [0.2, 0.25) is 0 Å². The van der Waals surface area contributed by atoms with Crippen molar-refractivity contribution in [3.05, 3.63) is 19.0 Å². The number of halogens is 3. The molecule has 0 aliphatic heterocycles. The van der Waals surface area contributed by atoms with Crippen molar-refractivity contribution in [2.24, 2.45) is 0 Å². The lowest BCUT2D eigenvalue weighted by Crippen LogP contribution is -2.30. The first-order chi connectivity index (χ1) is 5.04. The van der Waals surface area contributed by atoms with Crippen LogP contribution in [-0.4, -0.2) is 15.7 Å². The largest absolute Gasteiger partial charge is 0.206 e. The van der Waals surface area contributed by atoms with Crippen molar-refractivity contribution in [2.45, 2.75) is 0 Å². The average molecular weight is 372 g/mol. The van der Waals surface area contributed by atoms with Gasteiger partial charge in [-0.05, 0) is 45.2 Å². The maximum Gasteiger partial charge on any atom is 0.142 e. The van der Waals surface area contributed by atoms with Crippen LogP contribution in [0.3, 0.4) is 0 Å². The molecule has 0 spiro atoms. The highest BCUT2D eigenvalue weighted by atomic mass is 127. The van der Waals surface area contributed by atoms with Gasteiger partial charge in [0.25, 0.3) is 0 Å². The van der Waals surface area contributed by atoms with E-state index in [4.69, 9.17) is 0 Å². The summed E-state index contributed by atoms with van der Waals surface area (Å²) in [6.45, 7) is 0. The number of benzene rings is 1. The van der Waals surface area contributed by atoms with Crippen LogP contribution >= 0.6 is 45.2 Å². The smallest absolute Gasteiger partial charge is 0.142 e. The van der Waals surface area contributed by atoms with Crippen LogP contribution in [0.2, 0.25) is 0 Å². The molecule has 1 rings (SSSR count). The first kappa shape index (κ1) is 9.83. The van der Waals surface area contributed by atoms with Gasteiger partial charge in [0.1, 0.15) is 21.5 Å². The second-order valence-electron chi connectivity index (χ2n) is 2.43. The van der Waals surface area contributed by atoms with Crippen LogP contribution in [0.25, 0.3) is 0 Å². The number of hydrogen-bond acceptors (Lipinski definition) is 0. The molecule has 0 nitrogen and oxygen atoms in total. The van der Waals surface area contributed by atoms with Crippen molar-refractivity contribution in [3.8, 4) is 0 Å². The lowest BCUT2D eigenvalue weighted by molar-refractivity contribution is 0.628. The van der Waals surface area contributed by atoms with Crippen LogP contribution in [-0.2, 0) is 0 Å². The minimum atomic E-state index is -0.0741. The highest BCUT2D eigenvalue weighted by Crippen LogP contribution is 2.14. The van der Waals surface area contributed by atoms with E-state index in [1.807, 2.05) is 44.3 Å². The lowest BCUT2D eigenvalue weighted by Gasteiger charge is -2.05. The van der Waals surface area contributed by atoms with Gasteiger partial charge in [-0.15, -0.1) is 0 Å². The zero-order valence-corrected chi connectivity index (χ0v) is 10.5. The molecule has 0 atom stereocenters. The molecular weight excluding hydrogens is 366 g/mol. The van der Waals surface area contributed by atoms with Crippen molar-refractivity contribution in [2.75, 3.05) is 0 Å². The molecule has 11 heavy (non-hydrogen) atoms. The highest BCUT2D eigenvalue weighted by molar-refractivity contribution is 14.1. The zero-order chi connectivity index (χ0) is 8.59. The predicted molar refractivity (Wildman–Crippen MR) is 68.2 cm³/mol. The van der Waals surface area contributed by atoms with Crippen LogP contribution in [0.1, 0.15) is 0 Å². The summed E-state index contributed by atoms with van der Waals surface area (Å²) in [4.78, 5) is 0. The fraction of sp³-hybridized carbons (Fsp3) is 0. The van der Waals surface area contributed by atoms with E-state index in [9.17, 15) is 4.39 Å². The molecule has 1 aromatic rings. The Hall–Kier alpha value is 0.740. The third-order valence-electron chi connectivity index (χ3n) is 1.67. The van der Waals surface area contributed by atoms with Gasteiger partial charge >= 0.3 is 0 Å². The lowest BCUT2D eigenvalue weighted by atomic mass is 9.80. The van der Waals surface area contributed by atoms with E-state index in [1.54, 1.807) is 0 Å². The molecule has 0 saturated carbocycles. The van der Waals surface area contributed by atoms with E-state index in [0.717, 1.165) is 18.1 Å². The van der Waals surface area contributed by atoms with E-state index in [0.29, 0.717) is 0 Å². The molecule has 0 radical (unpaired) electrons. The Balaban J connectivity index is 3.46. The van der Waals surface area contributed by atoms with Gasteiger partial charge in [-0.1, -0.05) is 17.0 Å². The molecule has 0 amide bonds. The summed E-state index contributed by atoms with van der Waals surface area (Å²) in [6, 6.07) is 2.00. The topological polar surface area (TPSA) is 0 Å². The monoisotopic (exact) mass is 372 g/mol. The standard InChI is InChI=1S/C6H5B2FI2/c7-2-1-3(10)6(11)5(9)4(2)8/h1H,7-8H2. The number of hydrogen-bond donors (Lipinski definition) is 0. The number of rotatable bonds is 0. The molecule has 0 saturated heterocycles. The van der Waals surface area contributed by atoms with E-state index < -0.39 is 0 Å². The van der Waals surface area contributed by atoms with Gasteiger partial charge in [0.05, 0.1) is 3.57 Å². The quantitative estimate of drug-likeness (QED) is 0.329. The molecule has 0 N–H and O–H groups in total. The Morgan fingerprint density at radius 1 is 1.27 bits per heavy atom. The van der Waals surface area contributed by atoms with Crippen molar-refractivity contribution < 1.29 is 4.39 Å². The summed E-state index contributed by atoms with van der Waals surface area (Å²) >= 11 is 4.17. The van der Waals surface area contributed by atoms with E-state index in [1.165, 1.54) is 0 Å². The summed E-state index contributed by atoms with van der Waals surface area (Å²) in [6.07, 6.45) is 0. The van der Waals surface area contributed by atoms with E-state index >= 15 is 0 Å².